The van der Waals surface area contributed by atoms with Gasteiger partial charge in [-0.1, -0.05) is 133 Å². The largest absolute Gasteiger partial charge is 0.135 e. The Labute approximate surface area is 221 Å². The second-order valence-electron chi connectivity index (χ2n) is 9.29. The monoisotopic (exact) mass is 488 g/mol. The van der Waals surface area contributed by atoms with Crippen molar-refractivity contribution in [3.05, 3.63) is 146 Å². The second-order valence-corrected chi connectivity index (χ2v) is 10.4. The van der Waals surface area contributed by atoms with Gasteiger partial charge in [0.25, 0.3) is 0 Å². The fraction of sp³-hybridized carbons (Fsp3) is 0. The zero-order valence-electron chi connectivity index (χ0n) is 20.3. The van der Waals surface area contributed by atoms with E-state index in [1.54, 1.807) is 0 Å². The van der Waals surface area contributed by atoms with Gasteiger partial charge >= 0.3 is 0 Å². The number of benzene rings is 6. The lowest BCUT2D eigenvalue weighted by atomic mass is 9.82. The smallest absolute Gasteiger partial charge is 0.0361 e. The van der Waals surface area contributed by atoms with E-state index in [-0.39, 0.29) is 0 Å². The first kappa shape index (κ1) is 21.8. The van der Waals surface area contributed by atoms with Gasteiger partial charge in [-0.3, -0.25) is 0 Å². The Morgan fingerprint density at radius 1 is 0.324 bits per heavy atom. The van der Waals surface area contributed by atoms with Gasteiger partial charge < -0.3 is 0 Å². The van der Waals surface area contributed by atoms with Gasteiger partial charge in [-0.15, -0.1) is 11.3 Å². The maximum Gasteiger partial charge on any atom is 0.0361 e. The third-order valence-corrected chi connectivity index (χ3v) is 8.24. The molecule has 1 heteroatoms. The molecule has 0 radical (unpaired) electrons. The highest BCUT2D eigenvalue weighted by molar-refractivity contribution is 7.25. The predicted octanol–water partition coefficient (Wildman–Crippen LogP) is 10.7. The molecule has 0 spiro atoms. The molecule has 0 aliphatic heterocycles. The molecule has 0 unspecified atom stereocenters. The van der Waals surface area contributed by atoms with Gasteiger partial charge in [0.05, 0.1) is 0 Å². The highest BCUT2D eigenvalue weighted by Gasteiger charge is 2.21. The van der Waals surface area contributed by atoms with E-state index >= 15 is 0 Å². The quantitative estimate of drug-likeness (QED) is 0.231. The molecule has 0 aliphatic carbocycles. The summed E-state index contributed by atoms with van der Waals surface area (Å²) < 4.78 is 2.65. The molecule has 7 rings (SSSR count). The zero-order chi connectivity index (χ0) is 24.6. The first-order valence-electron chi connectivity index (χ1n) is 12.6. The van der Waals surface area contributed by atoms with Crippen LogP contribution in [-0.2, 0) is 0 Å². The van der Waals surface area contributed by atoms with Crippen molar-refractivity contribution >= 4 is 31.5 Å². The van der Waals surface area contributed by atoms with Gasteiger partial charge in [-0.25, -0.2) is 0 Å². The lowest BCUT2D eigenvalue weighted by Crippen LogP contribution is -1.94. The molecule has 0 fully saturated rings. The molecule has 7 aromatic rings. The SMILES string of the molecule is c1ccc(-c2ccc(-c3cccc4sc5ccccc5c34)c(-c3ccccc3)c2-c2ccccc2)cc1. The molecular weight excluding hydrogens is 464 g/mol. The summed E-state index contributed by atoms with van der Waals surface area (Å²) in [5.41, 5.74) is 10.0. The minimum absolute atomic E-state index is 1.23. The Kier molecular flexibility index (Phi) is 5.42. The first-order chi connectivity index (χ1) is 18.4. The number of hydrogen-bond acceptors (Lipinski definition) is 1. The number of fused-ring (bicyclic) bond motifs is 3. The fourth-order valence-electron chi connectivity index (χ4n) is 5.49. The van der Waals surface area contributed by atoms with E-state index in [0.29, 0.717) is 0 Å². The summed E-state index contributed by atoms with van der Waals surface area (Å²) in [7, 11) is 0. The van der Waals surface area contributed by atoms with Crippen LogP contribution in [-0.4, -0.2) is 0 Å². The molecule has 0 nitrogen and oxygen atoms in total. The minimum atomic E-state index is 1.23. The molecule has 0 saturated carbocycles. The predicted molar refractivity (Wildman–Crippen MR) is 161 cm³/mol. The van der Waals surface area contributed by atoms with Gasteiger partial charge in [-0.2, -0.15) is 0 Å². The number of rotatable bonds is 4. The van der Waals surface area contributed by atoms with E-state index in [0.717, 1.165) is 0 Å². The van der Waals surface area contributed by atoms with Crippen molar-refractivity contribution in [2.45, 2.75) is 0 Å². The lowest BCUT2D eigenvalue weighted by molar-refractivity contribution is 1.55. The van der Waals surface area contributed by atoms with E-state index < -0.39 is 0 Å². The van der Waals surface area contributed by atoms with Crippen molar-refractivity contribution in [3.63, 3.8) is 0 Å². The van der Waals surface area contributed by atoms with Crippen molar-refractivity contribution in [3.8, 4) is 44.5 Å². The molecule has 1 heterocycles. The summed E-state index contributed by atoms with van der Waals surface area (Å²) in [4.78, 5) is 0. The van der Waals surface area contributed by atoms with Gasteiger partial charge in [0, 0.05) is 20.2 Å². The average Bonchev–Trinajstić information content (AvgIpc) is 3.37. The lowest BCUT2D eigenvalue weighted by Gasteiger charge is -2.21. The van der Waals surface area contributed by atoms with Gasteiger partial charge in [0.15, 0.2) is 0 Å². The van der Waals surface area contributed by atoms with Crippen molar-refractivity contribution in [2.24, 2.45) is 0 Å². The van der Waals surface area contributed by atoms with E-state index in [1.807, 2.05) is 11.3 Å². The van der Waals surface area contributed by atoms with Crippen LogP contribution in [0, 0.1) is 0 Å². The summed E-state index contributed by atoms with van der Waals surface area (Å²) in [5.74, 6) is 0. The Balaban J connectivity index is 1.64. The van der Waals surface area contributed by atoms with Crippen molar-refractivity contribution in [2.75, 3.05) is 0 Å². The highest BCUT2D eigenvalue weighted by Crippen LogP contribution is 2.48. The molecule has 0 bridgehead atoms. The van der Waals surface area contributed by atoms with Crippen LogP contribution in [0.25, 0.3) is 64.7 Å². The molecule has 0 N–H and O–H groups in total. The van der Waals surface area contributed by atoms with Crippen molar-refractivity contribution in [1.82, 2.24) is 0 Å². The fourth-order valence-corrected chi connectivity index (χ4v) is 6.63. The van der Waals surface area contributed by atoms with Crippen LogP contribution >= 0.6 is 11.3 Å². The summed E-state index contributed by atoms with van der Waals surface area (Å²) in [5, 5.41) is 2.66. The van der Waals surface area contributed by atoms with Crippen LogP contribution in [0.4, 0.5) is 0 Å². The molecule has 174 valence electrons. The van der Waals surface area contributed by atoms with Crippen LogP contribution in [0.5, 0.6) is 0 Å². The Hall–Kier alpha value is -4.46. The zero-order valence-corrected chi connectivity index (χ0v) is 21.1. The van der Waals surface area contributed by atoms with Crippen LogP contribution in [0.15, 0.2) is 146 Å². The Bertz CT molecular complexity index is 1850. The summed E-state index contributed by atoms with van der Waals surface area (Å²) in [6, 6.07) is 52.6. The van der Waals surface area contributed by atoms with Crippen LogP contribution in [0.2, 0.25) is 0 Å². The van der Waals surface area contributed by atoms with Gasteiger partial charge in [0.2, 0.25) is 0 Å². The van der Waals surface area contributed by atoms with E-state index in [1.165, 1.54) is 64.7 Å². The Morgan fingerprint density at radius 3 is 1.51 bits per heavy atom. The average molecular weight is 489 g/mol. The van der Waals surface area contributed by atoms with Crippen molar-refractivity contribution < 1.29 is 0 Å². The maximum absolute atomic E-state index is 2.33. The molecule has 0 saturated heterocycles. The summed E-state index contributed by atoms with van der Waals surface area (Å²) >= 11 is 1.87. The third-order valence-electron chi connectivity index (χ3n) is 7.11. The maximum atomic E-state index is 2.33. The first-order valence-corrected chi connectivity index (χ1v) is 13.4. The van der Waals surface area contributed by atoms with Crippen LogP contribution in [0.1, 0.15) is 0 Å². The number of hydrogen-bond donors (Lipinski definition) is 0. The van der Waals surface area contributed by atoms with E-state index in [2.05, 4.69) is 146 Å². The molecule has 0 aliphatic rings. The second kappa shape index (κ2) is 9.20. The van der Waals surface area contributed by atoms with E-state index in [9.17, 15) is 0 Å². The van der Waals surface area contributed by atoms with Crippen LogP contribution < -0.4 is 0 Å². The molecule has 0 amide bonds. The molecule has 6 aromatic carbocycles. The molecule has 37 heavy (non-hydrogen) atoms. The third kappa shape index (κ3) is 3.76. The van der Waals surface area contributed by atoms with Gasteiger partial charge in [-0.05, 0) is 56.6 Å². The summed E-state index contributed by atoms with van der Waals surface area (Å²) in [6.07, 6.45) is 0. The molecular formula is C36H24S. The molecule has 0 atom stereocenters. The van der Waals surface area contributed by atoms with Gasteiger partial charge in [0.1, 0.15) is 0 Å². The standard InChI is InChI=1S/C36H24S/c1-4-13-25(14-5-1)28-23-24-30(29-20-12-22-33-36(29)31-19-10-11-21-32(31)37-33)35(27-17-8-3-9-18-27)34(28)26-15-6-2-7-16-26/h1-24H. The van der Waals surface area contributed by atoms with Crippen molar-refractivity contribution in [1.29, 1.82) is 0 Å². The van der Waals surface area contributed by atoms with Crippen LogP contribution in [0.3, 0.4) is 0 Å². The minimum Gasteiger partial charge on any atom is -0.135 e. The highest BCUT2D eigenvalue weighted by atomic mass is 32.1. The normalized spacial score (nSPS) is 11.2. The number of thiophene rings is 1. The topological polar surface area (TPSA) is 0 Å². The summed E-state index contributed by atoms with van der Waals surface area (Å²) in [6.45, 7) is 0. The molecule has 1 aromatic heterocycles. The van der Waals surface area contributed by atoms with E-state index in [4.69, 9.17) is 0 Å². The Morgan fingerprint density at radius 2 is 0.838 bits per heavy atom.